The van der Waals surface area contributed by atoms with Gasteiger partial charge >= 0.3 is 0 Å². The van der Waals surface area contributed by atoms with Gasteiger partial charge in [-0.1, -0.05) is 30.6 Å². The van der Waals surface area contributed by atoms with Crippen LogP contribution < -0.4 is 11.1 Å². The number of nitrogens with two attached hydrogens (primary N) is 1. The van der Waals surface area contributed by atoms with Crippen molar-refractivity contribution < 1.29 is 9.32 Å². The zero-order valence-corrected chi connectivity index (χ0v) is 13.7. The quantitative estimate of drug-likeness (QED) is 0.875. The van der Waals surface area contributed by atoms with Gasteiger partial charge < -0.3 is 15.6 Å². The molecule has 0 radical (unpaired) electrons. The van der Waals surface area contributed by atoms with E-state index in [1.165, 1.54) is 11.3 Å². The van der Waals surface area contributed by atoms with Crippen molar-refractivity contribution in [3.8, 4) is 10.6 Å². The third-order valence-electron chi connectivity index (χ3n) is 2.95. The molecule has 0 saturated carbocycles. The monoisotopic (exact) mass is 327 g/mol. The Kier molecular flexibility index (Phi) is 4.90. The highest BCUT2D eigenvalue weighted by atomic mass is 35.5. The van der Waals surface area contributed by atoms with E-state index in [2.05, 4.69) is 24.3 Å². The van der Waals surface area contributed by atoms with E-state index in [4.69, 9.17) is 21.9 Å². The molecule has 2 aromatic rings. The minimum Gasteiger partial charge on any atom is -0.367 e. The summed E-state index contributed by atoms with van der Waals surface area (Å²) in [5, 5.41) is 6.80. The first kappa shape index (κ1) is 15.9. The molecular formula is C14H18ClN3O2S. The van der Waals surface area contributed by atoms with Crippen molar-refractivity contribution in [2.24, 2.45) is 5.92 Å². The van der Waals surface area contributed by atoms with Crippen molar-refractivity contribution >= 4 is 34.7 Å². The summed E-state index contributed by atoms with van der Waals surface area (Å²) in [6, 6.07) is 3.58. The second-order valence-electron chi connectivity index (χ2n) is 5.38. The van der Waals surface area contributed by atoms with Gasteiger partial charge in [0, 0.05) is 6.04 Å². The summed E-state index contributed by atoms with van der Waals surface area (Å²) >= 11 is 7.24. The van der Waals surface area contributed by atoms with Crippen LogP contribution in [-0.2, 0) is 0 Å². The standard InChI is InChI=1S/C14H18ClN3O2S/c1-7(2)6-8(3)17-14(19)11-12(18-20-13(11)16)9-4-5-10(15)21-9/h4-5,7-8H,6,16H2,1-3H3,(H,17,19). The van der Waals surface area contributed by atoms with Crippen LogP contribution in [0.2, 0.25) is 4.34 Å². The van der Waals surface area contributed by atoms with Crippen LogP contribution in [-0.4, -0.2) is 17.1 Å². The van der Waals surface area contributed by atoms with Crippen molar-refractivity contribution in [1.29, 1.82) is 0 Å². The number of nitrogens with zero attached hydrogens (tertiary/aromatic N) is 1. The molecule has 0 aliphatic rings. The number of anilines is 1. The molecule has 21 heavy (non-hydrogen) atoms. The van der Waals surface area contributed by atoms with Gasteiger partial charge in [-0.05, 0) is 31.4 Å². The average Bonchev–Trinajstić information content (AvgIpc) is 2.93. The molecule has 114 valence electrons. The van der Waals surface area contributed by atoms with E-state index in [1.54, 1.807) is 12.1 Å². The van der Waals surface area contributed by atoms with Gasteiger partial charge in [-0.15, -0.1) is 11.3 Å². The number of hydrogen-bond donors (Lipinski definition) is 2. The summed E-state index contributed by atoms with van der Waals surface area (Å²) in [5.41, 5.74) is 6.44. The Morgan fingerprint density at radius 1 is 1.48 bits per heavy atom. The molecule has 0 aliphatic heterocycles. The number of aromatic nitrogens is 1. The average molecular weight is 328 g/mol. The lowest BCUT2D eigenvalue weighted by molar-refractivity contribution is 0.0937. The molecule has 1 amide bonds. The lowest BCUT2D eigenvalue weighted by Crippen LogP contribution is -2.33. The Bertz CT molecular complexity index is 636. The van der Waals surface area contributed by atoms with Gasteiger partial charge in [0.25, 0.3) is 5.91 Å². The molecule has 1 unspecified atom stereocenters. The van der Waals surface area contributed by atoms with Crippen LogP contribution in [0.4, 0.5) is 5.88 Å². The van der Waals surface area contributed by atoms with Crippen molar-refractivity contribution in [2.75, 3.05) is 5.73 Å². The van der Waals surface area contributed by atoms with Crippen molar-refractivity contribution in [1.82, 2.24) is 10.5 Å². The summed E-state index contributed by atoms with van der Waals surface area (Å²) in [7, 11) is 0. The molecule has 7 heteroatoms. The van der Waals surface area contributed by atoms with Gasteiger partial charge in [0.05, 0.1) is 9.21 Å². The fraction of sp³-hybridized carbons (Fsp3) is 0.429. The van der Waals surface area contributed by atoms with Crippen LogP contribution in [0, 0.1) is 5.92 Å². The smallest absolute Gasteiger partial charge is 0.259 e. The molecule has 2 heterocycles. The molecule has 0 saturated heterocycles. The number of nitrogens with one attached hydrogen (secondary N) is 1. The zero-order valence-electron chi connectivity index (χ0n) is 12.1. The van der Waals surface area contributed by atoms with Crippen LogP contribution in [0.15, 0.2) is 16.7 Å². The molecule has 0 aromatic carbocycles. The van der Waals surface area contributed by atoms with Gasteiger partial charge in [-0.2, -0.15) is 0 Å². The predicted molar refractivity (Wildman–Crippen MR) is 85.6 cm³/mol. The molecular weight excluding hydrogens is 310 g/mol. The van der Waals surface area contributed by atoms with E-state index < -0.39 is 0 Å². The first-order chi connectivity index (χ1) is 9.88. The number of nitrogen functional groups attached to an aromatic ring is 1. The van der Waals surface area contributed by atoms with E-state index in [1.807, 2.05) is 6.92 Å². The SMILES string of the molecule is CC(C)CC(C)NC(=O)c1c(-c2ccc(Cl)s2)noc1N. The van der Waals surface area contributed by atoms with E-state index in [0.717, 1.165) is 11.3 Å². The Hall–Kier alpha value is -1.53. The van der Waals surface area contributed by atoms with E-state index in [-0.39, 0.29) is 23.4 Å². The van der Waals surface area contributed by atoms with Gasteiger partial charge in [0.2, 0.25) is 5.88 Å². The summed E-state index contributed by atoms with van der Waals surface area (Å²) in [6.07, 6.45) is 0.886. The molecule has 0 aliphatic carbocycles. The second kappa shape index (κ2) is 6.49. The Balaban J connectivity index is 2.23. The number of amides is 1. The van der Waals surface area contributed by atoms with E-state index >= 15 is 0 Å². The number of rotatable bonds is 5. The largest absolute Gasteiger partial charge is 0.367 e. The van der Waals surface area contributed by atoms with Crippen molar-refractivity contribution in [2.45, 2.75) is 33.2 Å². The highest BCUT2D eigenvalue weighted by molar-refractivity contribution is 7.19. The molecule has 1 atom stereocenters. The van der Waals surface area contributed by atoms with Crippen LogP contribution >= 0.6 is 22.9 Å². The third-order valence-corrected chi connectivity index (χ3v) is 4.19. The maximum atomic E-state index is 12.4. The number of carbonyl (C=O) groups excluding carboxylic acids is 1. The fourth-order valence-electron chi connectivity index (χ4n) is 2.19. The van der Waals surface area contributed by atoms with E-state index in [0.29, 0.717) is 15.9 Å². The Morgan fingerprint density at radius 2 is 2.19 bits per heavy atom. The second-order valence-corrected chi connectivity index (χ2v) is 7.09. The fourth-order valence-corrected chi connectivity index (χ4v) is 3.22. The van der Waals surface area contributed by atoms with Crippen LogP contribution in [0.25, 0.3) is 10.6 Å². The van der Waals surface area contributed by atoms with Gasteiger partial charge in [0.1, 0.15) is 11.3 Å². The highest BCUT2D eigenvalue weighted by Crippen LogP contribution is 2.34. The topological polar surface area (TPSA) is 81.2 Å². The van der Waals surface area contributed by atoms with Gasteiger partial charge in [0.15, 0.2) is 0 Å². The maximum Gasteiger partial charge on any atom is 0.259 e. The highest BCUT2D eigenvalue weighted by Gasteiger charge is 2.24. The zero-order chi connectivity index (χ0) is 15.6. The summed E-state index contributed by atoms with van der Waals surface area (Å²) in [4.78, 5) is 13.2. The molecule has 0 fully saturated rings. The summed E-state index contributed by atoms with van der Waals surface area (Å²) < 4.78 is 5.59. The van der Waals surface area contributed by atoms with Crippen LogP contribution in [0.1, 0.15) is 37.6 Å². The van der Waals surface area contributed by atoms with Gasteiger partial charge in [-0.3, -0.25) is 4.79 Å². The molecule has 2 aromatic heterocycles. The molecule has 5 nitrogen and oxygen atoms in total. The summed E-state index contributed by atoms with van der Waals surface area (Å²) in [5.74, 6) is 0.237. The number of thiophene rings is 1. The van der Waals surface area contributed by atoms with Crippen molar-refractivity contribution in [3.05, 3.63) is 22.0 Å². The lowest BCUT2D eigenvalue weighted by atomic mass is 10.0. The molecule has 0 bridgehead atoms. The third kappa shape index (κ3) is 3.77. The number of hydrogen-bond acceptors (Lipinski definition) is 5. The normalized spacial score (nSPS) is 12.6. The lowest BCUT2D eigenvalue weighted by Gasteiger charge is -2.15. The first-order valence-electron chi connectivity index (χ1n) is 6.70. The molecule has 2 rings (SSSR count). The predicted octanol–water partition coefficient (Wildman–Crippen LogP) is 3.80. The summed E-state index contributed by atoms with van der Waals surface area (Å²) in [6.45, 7) is 6.17. The Morgan fingerprint density at radius 3 is 2.76 bits per heavy atom. The number of carbonyl (C=O) groups is 1. The molecule has 0 spiro atoms. The molecule has 3 N–H and O–H groups in total. The van der Waals surface area contributed by atoms with Crippen molar-refractivity contribution in [3.63, 3.8) is 0 Å². The number of halogens is 1. The minimum atomic E-state index is -0.276. The van der Waals surface area contributed by atoms with E-state index in [9.17, 15) is 4.79 Å². The Labute approximate surface area is 132 Å². The van der Waals surface area contributed by atoms with Crippen LogP contribution in [0.5, 0.6) is 0 Å². The van der Waals surface area contributed by atoms with Gasteiger partial charge in [-0.25, -0.2) is 0 Å². The first-order valence-corrected chi connectivity index (χ1v) is 7.89. The minimum absolute atomic E-state index is 0.0174. The van der Waals surface area contributed by atoms with Crippen LogP contribution in [0.3, 0.4) is 0 Å². The maximum absolute atomic E-state index is 12.4.